The van der Waals surface area contributed by atoms with Crippen molar-refractivity contribution in [3.63, 3.8) is 0 Å². The molecule has 0 saturated heterocycles. The van der Waals surface area contributed by atoms with E-state index in [1.165, 1.54) is 0 Å². The van der Waals surface area contributed by atoms with E-state index in [-0.39, 0.29) is 18.1 Å². The lowest BCUT2D eigenvalue weighted by atomic mass is 10.2. The molecule has 0 saturated carbocycles. The van der Waals surface area contributed by atoms with Crippen molar-refractivity contribution in [3.8, 4) is 0 Å². The molecule has 1 rings (SSSR count). The molecule has 6 heteroatoms. The molecule has 0 aliphatic carbocycles. The number of halogens is 3. The maximum Gasteiger partial charge on any atom is 0.416 e. The summed E-state index contributed by atoms with van der Waals surface area (Å²) in [6, 6.07) is 1.65. The van der Waals surface area contributed by atoms with Gasteiger partial charge in [-0.3, -0.25) is 4.79 Å². The fraction of sp³-hybridized carbons (Fsp3) is 0.455. The Morgan fingerprint density at radius 3 is 2.47 bits per heavy atom. The number of hydrogen-bond acceptors (Lipinski definition) is 2. The van der Waals surface area contributed by atoms with Gasteiger partial charge in [0.25, 0.3) is 0 Å². The van der Waals surface area contributed by atoms with E-state index in [1.54, 1.807) is 6.92 Å². The fourth-order valence-electron chi connectivity index (χ4n) is 0.906. The molecule has 1 amide bonds. The smallest absolute Gasteiger partial charge is 0.311 e. The second-order valence-corrected chi connectivity index (χ2v) is 2.83. The maximum absolute atomic E-state index is 12.2. The minimum atomic E-state index is -4.42. The fourth-order valence-corrected chi connectivity index (χ4v) is 0.906. The Labute approximate surface area is 98.1 Å². The number of anilines is 1. The summed E-state index contributed by atoms with van der Waals surface area (Å²) in [4.78, 5) is 14.5. The first-order valence-electron chi connectivity index (χ1n) is 5.26. The van der Waals surface area contributed by atoms with E-state index in [0.29, 0.717) is 0 Å². The van der Waals surface area contributed by atoms with Gasteiger partial charge in [-0.25, -0.2) is 4.98 Å². The van der Waals surface area contributed by atoms with Crippen molar-refractivity contribution in [2.45, 2.75) is 33.4 Å². The molecular weight excluding hydrogens is 233 g/mol. The third-order valence-electron chi connectivity index (χ3n) is 1.68. The second-order valence-electron chi connectivity index (χ2n) is 2.83. The van der Waals surface area contributed by atoms with Crippen molar-refractivity contribution in [3.05, 3.63) is 23.9 Å². The number of carbonyl (C=O) groups is 1. The third kappa shape index (κ3) is 5.33. The molecule has 0 bridgehead atoms. The van der Waals surface area contributed by atoms with Crippen molar-refractivity contribution in [1.82, 2.24) is 4.98 Å². The Balaban J connectivity index is 0.00000121. The number of pyridine rings is 1. The molecule has 1 heterocycles. The monoisotopic (exact) mass is 248 g/mol. The number of amides is 1. The van der Waals surface area contributed by atoms with E-state index in [1.807, 2.05) is 13.8 Å². The number of carbonyl (C=O) groups excluding carboxylic acids is 1. The predicted octanol–water partition coefficient (Wildman–Crippen LogP) is 3.48. The van der Waals surface area contributed by atoms with Gasteiger partial charge in [-0.05, 0) is 12.1 Å². The van der Waals surface area contributed by atoms with Crippen LogP contribution in [-0.4, -0.2) is 10.9 Å². The molecule has 0 unspecified atom stereocenters. The standard InChI is InChI=1S/C9H9F3N2O.C2H6/c1-2-8(15)14-7-5-6(3-4-13-7)9(10,11)12;1-2/h3-5H,2H2,1H3,(H,13,14,15);1-2H3. The molecule has 96 valence electrons. The van der Waals surface area contributed by atoms with E-state index in [0.717, 1.165) is 18.3 Å². The molecule has 0 aromatic carbocycles. The summed E-state index contributed by atoms with van der Waals surface area (Å²) in [5.41, 5.74) is -0.830. The lowest BCUT2D eigenvalue weighted by Gasteiger charge is -2.08. The van der Waals surface area contributed by atoms with E-state index in [9.17, 15) is 18.0 Å². The molecule has 3 nitrogen and oxygen atoms in total. The zero-order chi connectivity index (χ0) is 13.5. The topological polar surface area (TPSA) is 42.0 Å². The molecule has 0 fully saturated rings. The molecular formula is C11H15F3N2O. The summed E-state index contributed by atoms with van der Waals surface area (Å²) in [5.74, 6) is -0.460. The zero-order valence-electron chi connectivity index (χ0n) is 9.93. The summed E-state index contributed by atoms with van der Waals surface area (Å²) in [7, 11) is 0. The van der Waals surface area contributed by atoms with Crippen LogP contribution in [0.5, 0.6) is 0 Å². The van der Waals surface area contributed by atoms with E-state index in [4.69, 9.17) is 0 Å². The Morgan fingerprint density at radius 2 is 2.00 bits per heavy atom. The Hall–Kier alpha value is -1.59. The van der Waals surface area contributed by atoms with Crippen molar-refractivity contribution in [2.75, 3.05) is 5.32 Å². The minimum absolute atomic E-state index is 0.0864. The van der Waals surface area contributed by atoms with Crippen LogP contribution in [0.15, 0.2) is 18.3 Å². The lowest BCUT2D eigenvalue weighted by Crippen LogP contribution is -2.12. The Bertz CT molecular complexity index is 364. The van der Waals surface area contributed by atoms with Gasteiger partial charge in [-0.1, -0.05) is 20.8 Å². The van der Waals surface area contributed by atoms with Gasteiger partial charge < -0.3 is 5.32 Å². The van der Waals surface area contributed by atoms with Crippen molar-refractivity contribution in [2.24, 2.45) is 0 Å². The van der Waals surface area contributed by atoms with Crippen LogP contribution in [0, 0.1) is 0 Å². The van der Waals surface area contributed by atoms with Crippen LogP contribution in [0.2, 0.25) is 0 Å². The first-order valence-corrected chi connectivity index (χ1v) is 5.26. The number of rotatable bonds is 2. The summed E-state index contributed by atoms with van der Waals surface area (Å²) in [6.45, 7) is 5.60. The molecule has 17 heavy (non-hydrogen) atoms. The van der Waals surface area contributed by atoms with Crippen LogP contribution in [0.25, 0.3) is 0 Å². The summed E-state index contributed by atoms with van der Waals surface area (Å²) in [6.07, 6.45) is -3.22. The molecule has 0 aliphatic heterocycles. The van der Waals surface area contributed by atoms with Gasteiger partial charge in [0.1, 0.15) is 5.82 Å². The van der Waals surface area contributed by atoms with Gasteiger partial charge in [-0.15, -0.1) is 0 Å². The predicted molar refractivity (Wildman–Crippen MR) is 59.5 cm³/mol. The largest absolute Gasteiger partial charge is 0.416 e. The van der Waals surface area contributed by atoms with Crippen LogP contribution < -0.4 is 5.32 Å². The Kier molecular flexibility index (Phi) is 6.23. The van der Waals surface area contributed by atoms with Crippen LogP contribution in [0.1, 0.15) is 32.8 Å². The average Bonchev–Trinajstić information content (AvgIpc) is 2.31. The van der Waals surface area contributed by atoms with E-state index >= 15 is 0 Å². The molecule has 1 N–H and O–H groups in total. The zero-order valence-corrected chi connectivity index (χ0v) is 9.93. The van der Waals surface area contributed by atoms with Crippen molar-refractivity contribution in [1.29, 1.82) is 0 Å². The SMILES string of the molecule is CC.CCC(=O)Nc1cc(C(F)(F)F)ccn1. The maximum atomic E-state index is 12.2. The van der Waals surface area contributed by atoms with Gasteiger partial charge in [0.05, 0.1) is 5.56 Å². The van der Waals surface area contributed by atoms with Crippen LogP contribution >= 0.6 is 0 Å². The highest BCUT2D eigenvalue weighted by molar-refractivity contribution is 5.89. The second kappa shape index (κ2) is 6.88. The number of aromatic nitrogens is 1. The molecule has 0 spiro atoms. The third-order valence-corrected chi connectivity index (χ3v) is 1.68. The van der Waals surface area contributed by atoms with Crippen LogP contribution in [-0.2, 0) is 11.0 Å². The number of nitrogens with one attached hydrogen (secondary N) is 1. The highest BCUT2D eigenvalue weighted by Crippen LogP contribution is 2.29. The van der Waals surface area contributed by atoms with Gasteiger partial charge in [0.15, 0.2) is 0 Å². The van der Waals surface area contributed by atoms with Gasteiger partial charge in [-0.2, -0.15) is 13.2 Å². The molecule has 0 radical (unpaired) electrons. The van der Waals surface area contributed by atoms with Gasteiger partial charge in [0.2, 0.25) is 5.91 Å². The molecule has 1 aromatic rings. The normalized spacial score (nSPS) is 10.2. The van der Waals surface area contributed by atoms with Crippen molar-refractivity contribution < 1.29 is 18.0 Å². The minimum Gasteiger partial charge on any atom is -0.311 e. The lowest BCUT2D eigenvalue weighted by molar-refractivity contribution is -0.137. The van der Waals surface area contributed by atoms with Crippen LogP contribution in [0.4, 0.5) is 19.0 Å². The van der Waals surface area contributed by atoms with Gasteiger partial charge >= 0.3 is 6.18 Å². The first-order chi connectivity index (χ1) is 7.93. The summed E-state index contributed by atoms with van der Waals surface area (Å²) < 4.78 is 36.7. The number of alkyl halides is 3. The molecule has 1 aromatic heterocycles. The van der Waals surface area contributed by atoms with Gasteiger partial charge in [0, 0.05) is 12.6 Å². The number of nitrogens with zero attached hydrogens (tertiary/aromatic N) is 1. The first kappa shape index (κ1) is 15.4. The quantitative estimate of drug-likeness (QED) is 0.870. The highest BCUT2D eigenvalue weighted by Gasteiger charge is 2.30. The summed E-state index contributed by atoms with van der Waals surface area (Å²) >= 11 is 0. The van der Waals surface area contributed by atoms with Crippen molar-refractivity contribution >= 4 is 11.7 Å². The van der Waals surface area contributed by atoms with E-state index < -0.39 is 11.7 Å². The molecule has 0 atom stereocenters. The molecule has 0 aliphatic rings. The van der Waals surface area contributed by atoms with Crippen LogP contribution in [0.3, 0.4) is 0 Å². The highest BCUT2D eigenvalue weighted by atomic mass is 19.4. The summed E-state index contributed by atoms with van der Waals surface area (Å²) in [5, 5.41) is 2.25. The van der Waals surface area contributed by atoms with E-state index in [2.05, 4.69) is 10.3 Å². The Morgan fingerprint density at radius 1 is 1.41 bits per heavy atom. The number of hydrogen-bond donors (Lipinski definition) is 1. The average molecular weight is 248 g/mol.